The summed E-state index contributed by atoms with van der Waals surface area (Å²) in [4.78, 5) is 16.7. The number of ether oxygens (including phenoxy) is 2. The van der Waals surface area contributed by atoms with Crippen LogP contribution in [0.4, 0.5) is 17.6 Å². The smallest absolute Gasteiger partial charge is 0.387 e. The Bertz CT molecular complexity index is 1220. The highest BCUT2D eigenvalue weighted by atomic mass is 19.3. The number of hydrogen-bond donors (Lipinski definition) is 1. The molecule has 0 bridgehead atoms. The van der Waals surface area contributed by atoms with Crippen LogP contribution in [0.1, 0.15) is 29.8 Å². The molecule has 0 saturated carbocycles. The van der Waals surface area contributed by atoms with Crippen molar-refractivity contribution in [1.82, 2.24) is 14.7 Å². The van der Waals surface area contributed by atoms with E-state index in [0.717, 1.165) is 5.56 Å². The first-order chi connectivity index (χ1) is 15.6. The summed E-state index contributed by atoms with van der Waals surface area (Å²) in [5.74, 6) is -1.73. The minimum atomic E-state index is -3.27. The highest BCUT2D eigenvalue weighted by Gasteiger charge is 2.25. The zero-order valence-corrected chi connectivity index (χ0v) is 17.9. The van der Waals surface area contributed by atoms with Gasteiger partial charge in [0.1, 0.15) is 22.7 Å². The van der Waals surface area contributed by atoms with Crippen LogP contribution in [0.5, 0.6) is 11.5 Å². The Balaban J connectivity index is 2.13. The molecule has 0 atom stereocenters. The molecule has 2 aromatic heterocycles. The van der Waals surface area contributed by atoms with Crippen molar-refractivity contribution in [3.8, 4) is 28.8 Å². The van der Waals surface area contributed by atoms with Gasteiger partial charge in [0.15, 0.2) is 0 Å². The molecular weight excluding hydrogens is 444 g/mol. The van der Waals surface area contributed by atoms with Gasteiger partial charge >= 0.3 is 6.61 Å². The number of methoxy groups -OCH3 is 1. The van der Waals surface area contributed by atoms with Gasteiger partial charge in [-0.05, 0) is 43.7 Å². The van der Waals surface area contributed by atoms with Gasteiger partial charge in [0, 0.05) is 11.8 Å². The molecule has 174 valence electrons. The van der Waals surface area contributed by atoms with E-state index < -0.39 is 42.2 Å². The highest BCUT2D eigenvalue weighted by Crippen LogP contribution is 2.36. The zero-order valence-electron chi connectivity index (χ0n) is 17.9. The Kier molecular flexibility index (Phi) is 6.76. The van der Waals surface area contributed by atoms with Crippen molar-refractivity contribution in [2.45, 2.75) is 32.3 Å². The lowest BCUT2D eigenvalue weighted by molar-refractivity contribution is -0.0502. The van der Waals surface area contributed by atoms with Crippen LogP contribution in [0.15, 0.2) is 36.7 Å². The topological polar surface area (TPSA) is 88.7 Å². The standard InChI is InChI=1S/C22H20F4N4O3/c1-22(2,11-27)13-4-5-30-14(9-28-18(30)8-13)12-6-15(32-3)19(16(7-12)33-21(25)26)20(31)29-10-17(23)24/h4-9,17,21H,10H2,1-3H3,(H,29,31). The summed E-state index contributed by atoms with van der Waals surface area (Å²) in [6.45, 7) is -0.713. The summed E-state index contributed by atoms with van der Waals surface area (Å²) >= 11 is 0. The number of aromatic nitrogens is 2. The quantitative estimate of drug-likeness (QED) is 0.499. The van der Waals surface area contributed by atoms with Crippen molar-refractivity contribution in [3.63, 3.8) is 0 Å². The van der Waals surface area contributed by atoms with Crippen LogP contribution in [-0.2, 0) is 5.41 Å². The van der Waals surface area contributed by atoms with E-state index >= 15 is 0 Å². The fourth-order valence-electron chi connectivity index (χ4n) is 3.22. The number of pyridine rings is 1. The maximum atomic E-state index is 13.1. The number of alkyl halides is 4. The van der Waals surface area contributed by atoms with Crippen LogP contribution in [0.25, 0.3) is 16.9 Å². The van der Waals surface area contributed by atoms with Crippen molar-refractivity contribution in [1.29, 1.82) is 5.26 Å². The second-order valence-electron chi connectivity index (χ2n) is 7.56. The van der Waals surface area contributed by atoms with Crippen LogP contribution in [0.3, 0.4) is 0 Å². The predicted molar refractivity (Wildman–Crippen MR) is 111 cm³/mol. The molecular formula is C22H20F4N4O3. The number of fused-ring (bicyclic) bond motifs is 1. The number of nitrogens with one attached hydrogen (secondary N) is 1. The Morgan fingerprint density at radius 3 is 2.55 bits per heavy atom. The van der Waals surface area contributed by atoms with Gasteiger partial charge in [0.25, 0.3) is 12.3 Å². The number of imidazole rings is 1. The summed E-state index contributed by atoms with van der Waals surface area (Å²) in [7, 11) is 1.21. The second-order valence-corrected chi connectivity index (χ2v) is 7.56. The molecule has 0 aliphatic heterocycles. The fraction of sp³-hybridized carbons (Fsp3) is 0.318. The number of hydrogen-bond acceptors (Lipinski definition) is 5. The van der Waals surface area contributed by atoms with Gasteiger partial charge in [0.2, 0.25) is 0 Å². The third-order valence-electron chi connectivity index (χ3n) is 4.96. The molecule has 0 unspecified atom stereocenters. The minimum Gasteiger partial charge on any atom is -0.496 e. The average molecular weight is 464 g/mol. The number of carbonyl (C=O) groups is 1. The van der Waals surface area contributed by atoms with E-state index in [2.05, 4.69) is 15.8 Å². The summed E-state index contributed by atoms with van der Waals surface area (Å²) in [6, 6.07) is 8.25. The average Bonchev–Trinajstić information content (AvgIpc) is 3.19. The monoisotopic (exact) mass is 464 g/mol. The first-order valence-electron chi connectivity index (χ1n) is 9.69. The Morgan fingerprint density at radius 2 is 1.94 bits per heavy atom. The first-order valence-corrected chi connectivity index (χ1v) is 9.69. The van der Waals surface area contributed by atoms with Crippen molar-refractivity contribution in [2.75, 3.05) is 13.7 Å². The molecule has 7 nitrogen and oxygen atoms in total. The first kappa shape index (κ1) is 23.8. The molecule has 11 heteroatoms. The number of amides is 1. The van der Waals surface area contributed by atoms with Crippen LogP contribution < -0.4 is 14.8 Å². The second kappa shape index (κ2) is 9.36. The zero-order chi connectivity index (χ0) is 24.3. The van der Waals surface area contributed by atoms with Crippen LogP contribution in [-0.4, -0.2) is 42.0 Å². The Hall–Kier alpha value is -3.81. The van der Waals surface area contributed by atoms with E-state index in [1.54, 1.807) is 36.6 Å². The van der Waals surface area contributed by atoms with Crippen LogP contribution in [0, 0.1) is 11.3 Å². The Morgan fingerprint density at radius 1 is 1.24 bits per heavy atom. The van der Waals surface area contributed by atoms with Gasteiger partial charge in [-0.2, -0.15) is 14.0 Å². The minimum absolute atomic E-state index is 0.146. The number of carbonyl (C=O) groups excluding carboxylic acids is 1. The molecule has 1 aromatic carbocycles. The summed E-state index contributed by atoms with van der Waals surface area (Å²) in [5, 5.41) is 11.3. The highest BCUT2D eigenvalue weighted by molar-refractivity contribution is 6.00. The molecule has 0 aliphatic carbocycles. The van der Waals surface area contributed by atoms with Gasteiger partial charge in [-0.3, -0.25) is 9.20 Å². The fourth-order valence-corrected chi connectivity index (χ4v) is 3.22. The van der Waals surface area contributed by atoms with Crippen molar-refractivity contribution in [2.24, 2.45) is 0 Å². The molecule has 3 rings (SSSR count). The van der Waals surface area contributed by atoms with E-state index in [-0.39, 0.29) is 5.75 Å². The maximum Gasteiger partial charge on any atom is 0.387 e. The molecule has 2 heterocycles. The van der Waals surface area contributed by atoms with Gasteiger partial charge in [-0.1, -0.05) is 0 Å². The van der Waals surface area contributed by atoms with Crippen molar-refractivity contribution < 1.29 is 31.8 Å². The maximum absolute atomic E-state index is 13.1. The SMILES string of the molecule is COc1cc(-c2cnc3cc(C(C)(C)C#N)ccn23)cc(OC(F)F)c1C(=O)NCC(F)F. The lowest BCUT2D eigenvalue weighted by Crippen LogP contribution is -2.29. The normalized spacial score (nSPS) is 11.6. The molecule has 1 N–H and O–H groups in total. The third-order valence-corrected chi connectivity index (χ3v) is 4.96. The number of halogens is 4. The lowest BCUT2D eigenvalue weighted by Gasteiger charge is -2.17. The molecule has 3 aromatic rings. The van der Waals surface area contributed by atoms with E-state index in [1.165, 1.54) is 25.4 Å². The number of nitrogens with zero attached hydrogens (tertiary/aromatic N) is 3. The predicted octanol–water partition coefficient (Wildman–Crippen LogP) is 4.41. The summed E-state index contributed by atoms with van der Waals surface area (Å²) < 4.78 is 62.5. The third kappa shape index (κ3) is 5.00. The van der Waals surface area contributed by atoms with Crippen LogP contribution in [0.2, 0.25) is 0 Å². The summed E-state index contributed by atoms with van der Waals surface area (Å²) in [6.07, 6.45) is 0.332. The van der Waals surface area contributed by atoms with Gasteiger partial charge in [-0.15, -0.1) is 0 Å². The summed E-state index contributed by atoms with van der Waals surface area (Å²) in [5.41, 5.74) is 0.840. The van der Waals surface area contributed by atoms with Crippen molar-refractivity contribution in [3.05, 3.63) is 47.8 Å². The largest absolute Gasteiger partial charge is 0.496 e. The molecule has 1 amide bonds. The van der Waals surface area contributed by atoms with Crippen molar-refractivity contribution >= 4 is 11.6 Å². The van der Waals surface area contributed by atoms with E-state index in [1.807, 2.05) is 5.32 Å². The molecule has 33 heavy (non-hydrogen) atoms. The van der Waals surface area contributed by atoms with E-state index in [0.29, 0.717) is 16.9 Å². The van der Waals surface area contributed by atoms with Gasteiger partial charge in [0.05, 0.1) is 37.0 Å². The lowest BCUT2D eigenvalue weighted by atomic mass is 9.87. The molecule has 0 saturated heterocycles. The number of nitriles is 1. The molecule has 0 fully saturated rings. The van der Waals surface area contributed by atoms with Crippen LogP contribution >= 0.6 is 0 Å². The Labute approximate surface area is 186 Å². The molecule has 0 spiro atoms. The van der Waals surface area contributed by atoms with E-state index in [4.69, 9.17) is 4.74 Å². The van der Waals surface area contributed by atoms with Gasteiger partial charge < -0.3 is 14.8 Å². The van der Waals surface area contributed by atoms with Gasteiger partial charge in [-0.25, -0.2) is 13.8 Å². The molecule has 0 aliphatic rings. The van der Waals surface area contributed by atoms with E-state index in [9.17, 15) is 27.6 Å². The number of rotatable bonds is 8. The number of benzene rings is 1. The molecule has 0 radical (unpaired) electrons.